The Bertz CT molecular complexity index is 564. The van der Waals surface area contributed by atoms with Crippen LogP contribution in [0.5, 0.6) is 0 Å². The summed E-state index contributed by atoms with van der Waals surface area (Å²) in [5.41, 5.74) is 2.35. The zero-order chi connectivity index (χ0) is 14.7. The summed E-state index contributed by atoms with van der Waals surface area (Å²) < 4.78 is 0. The summed E-state index contributed by atoms with van der Waals surface area (Å²) in [6.07, 6.45) is 2.42. The fourth-order valence-electron chi connectivity index (χ4n) is 2.35. The van der Waals surface area contributed by atoms with Gasteiger partial charge >= 0.3 is 0 Å². The average Bonchev–Trinajstić information content (AvgIpc) is 3.28. The topological polar surface area (TPSA) is 40.5 Å². The fraction of sp³-hybridized carbons (Fsp3) is 0.471. The molecule has 0 radical (unpaired) electrons. The number of benzene rings is 1. The smallest absolute Gasteiger partial charge is 0.255 e. The van der Waals surface area contributed by atoms with Crippen molar-refractivity contribution in [3.05, 3.63) is 34.9 Å². The number of carbonyl (C=O) groups is 1. The zero-order valence-corrected chi connectivity index (χ0v) is 12.3. The number of rotatable bonds is 3. The van der Waals surface area contributed by atoms with E-state index in [0.717, 1.165) is 5.56 Å². The highest BCUT2D eigenvalue weighted by molar-refractivity contribution is 5.97. The molecule has 1 aromatic rings. The summed E-state index contributed by atoms with van der Waals surface area (Å²) in [5, 5.41) is 8.82. The van der Waals surface area contributed by atoms with E-state index in [9.17, 15) is 4.79 Å². The highest BCUT2D eigenvalue weighted by Crippen LogP contribution is 2.35. The second kappa shape index (κ2) is 6.11. The number of aliphatic hydroxyl groups is 1. The Morgan fingerprint density at radius 1 is 1.50 bits per heavy atom. The van der Waals surface area contributed by atoms with Crippen LogP contribution >= 0.6 is 0 Å². The zero-order valence-electron chi connectivity index (χ0n) is 12.3. The number of amides is 1. The molecule has 2 rings (SSSR count). The third-order valence-electron chi connectivity index (χ3n) is 3.94. The summed E-state index contributed by atoms with van der Waals surface area (Å²) in [5.74, 6) is 6.13. The lowest BCUT2D eigenvalue weighted by Gasteiger charge is -2.25. The number of carbonyl (C=O) groups excluding carboxylic acids is 1. The van der Waals surface area contributed by atoms with Gasteiger partial charge in [-0.25, -0.2) is 0 Å². The maximum absolute atomic E-state index is 12.7. The predicted octanol–water partition coefficient (Wildman–Crippen LogP) is 2.21. The second-order valence-electron chi connectivity index (χ2n) is 5.50. The summed E-state index contributed by atoms with van der Waals surface area (Å²) in [4.78, 5) is 14.5. The Morgan fingerprint density at radius 3 is 2.80 bits per heavy atom. The molecule has 3 heteroatoms. The Labute approximate surface area is 120 Å². The molecule has 1 atom stereocenters. The lowest BCUT2D eigenvalue weighted by molar-refractivity contribution is 0.0727. The SMILES string of the molecule is Cc1ccc(C#CCO)c(C(=O)N(C)C(C)C2CC2)c1. The number of aliphatic hydroxyl groups excluding tert-OH is 1. The molecule has 3 nitrogen and oxygen atoms in total. The number of nitrogens with zero attached hydrogens (tertiary/aromatic N) is 1. The molecule has 0 spiro atoms. The van der Waals surface area contributed by atoms with Crippen LogP contribution in [0.15, 0.2) is 18.2 Å². The van der Waals surface area contributed by atoms with Crippen LogP contribution < -0.4 is 0 Å². The van der Waals surface area contributed by atoms with Gasteiger partial charge in [0.2, 0.25) is 0 Å². The van der Waals surface area contributed by atoms with Gasteiger partial charge in [0.15, 0.2) is 0 Å². The molecular weight excluding hydrogens is 250 g/mol. The largest absolute Gasteiger partial charge is 0.384 e. The van der Waals surface area contributed by atoms with Crippen LogP contribution in [0.4, 0.5) is 0 Å². The molecule has 1 amide bonds. The highest BCUT2D eigenvalue weighted by Gasteiger charge is 2.33. The molecule has 20 heavy (non-hydrogen) atoms. The quantitative estimate of drug-likeness (QED) is 0.856. The Balaban J connectivity index is 2.29. The third kappa shape index (κ3) is 3.20. The molecule has 1 aromatic carbocycles. The summed E-state index contributed by atoms with van der Waals surface area (Å²) >= 11 is 0. The van der Waals surface area contributed by atoms with Gasteiger partial charge in [-0.15, -0.1) is 0 Å². The highest BCUT2D eigenvalue weighted by atomic mass is 16.2. The molecule has 1 fully saturated rings. The Hall–Kier alpha value is -1.79. The van der Waals surface area contributed by atoms with Crippen LogP contribution in [0.2, 0.25) is 0 Å². The molecule has 0 heterocycles. The van der Waals surface area contributed by atoms with Crippen molar-refractivity contribution in [3.8, 4) is 11.8 Å². The van der Waals surface area contributed by atoms with E-state index in [2.05, 4.69) is 18.8 Å². The molecule has 106 valence electrons. The van der Waals surface area contributed by atoms with Gasteiger partial charge in [-0.05, 0) is 44.7 Å². The number of hydrogen-bond donors (Lipinski definition) is 1. The normalized spacial score (nSPS) is 15.2. The van der Waals surface area contributed by atoms with Crippen LogP contribution in [0.1, 0.15) is 41.3 Å². The van der Waals surface area contributed by atoms with Crippen molar-refractivity contribution in [1.29, 1.82) is 0 Å². The first-order valence-electron chi connectivity index (χ1n) is 7.02. The van der Waals surface area contributed by atoms with Crippen LogP contribution in [0.25, 0.3) is 0 Å². The molecule has 1 aliphatic carbocycles. The van der Waals surface area contributed by atoms with Gasteiger partial charge in [0.1, 0.15) is 6.61 Å². The van der Waals surface area contributed by atoms with Gasteiger partial charge in [0, 0.05) is 18.7 Å². The van der Waals surface area contributed by atoms with E-state index in [4.69, 9.17) is 5.11 Å². The number of hydrogen-bond acceptors (Lipinski definition) is 2. The molecule has 1 aliphatic rings. The monoisotopic (exact) mass is 271 g/mol. The van der Waals surface area contributed by atoms with Crippen molar-refractivity contribution in [1.82, 2.24) is 4.90 Å². The lowest BCUT2D eigenvalue weighted by Crippen LogP contribution is -2.36. The molecular formula is C17H21NO2. The van der Waals surface area contributed by atoms with Gasteiger partial charge in [0.05, 0.1) is 5.56 Å². The molecule has 1 saturated carbocycles. The van der Waals surface area contributed by atoms with E-state index in [1.54, 1.807) is 0 Å². The van der Waals surface area contributed by atoms with Gasteiger partial charge < -0.3 is 10.0 Å². The number of aryl methyl sites for hydroxylation is 1. The van der Waals surface area contributed by atoms with Gasteiger partial charge in [-0.1, -0.05) is 23.5 Å². The second-order valence-corrected chi connectivity index (χ2v) is 5.50. The van der Waals surface area contributed by atoms with Crippen molar-refractivity contribution < 1.29 is 9.90 Å². The minimum absolute atomic E-state index is 0.00957. The summed E-state index contributed by atoms with van der Waals surface area (Å²) in [6, 6.07) is 5.92. The van der Waals surface area contributed by atoms with Crippen molar-refractivity contribution in [2.75, 3.05) is 13.7 Å². The minimum atomic E-state index is -0.199. The van der Waals surface area contributed by atoms with E-state index < -0.39 is 0 Å². The molecule has 1 unspecified atom stereocenters. The summed E-state index contributed by atoms with van der Waals surface area (Å²) in [7, 11) is 1.86. The first-order chi connectivity index (χ1) is 9.54. The molecule has 1 N–H and O–H groups in total. The van der Waals surface area contributed by atoms with Crippen LogP contribution in [0, 0.1) is 24.7 Å². The maximum Gasteiger partial charge on any atom is 0.255 e. The van der Waals surface area contributed by atoms with Crippen LogP contribution in [-0.2, 0) is 0 Å². The van der Waals surface area contributed by atoms with Gasteiger partial charge in [0.25, 0.3) is 5.91 Å². The van der Waals surface area contributed by atoms with Gasteiger partial charge in [-0.2, -0.15) is 0 Å². The first-order valence-corrected chi connectivity index (χ1v) is 7.02. The Kier molecular flexibility index (Phi) is 4.46. The standard InChI is InChI=1S/C17H21NO2/c1-12-6-7-15(5-4-10-19)16(11-12)17(20)18(3)13(2)14-8-9-14/h6-7,11,13-14,19H,8-10H2,1-3H3. The van der Waals surface area contributed by atoms with Crippen molar-refractivity contribution in [2.24, 2.45) is 5.92 Å². The maximum atomic E-state index is 12.7. The predicted molar refractivity (Wildman–Crippen MR) is 79.4 cm³/mol. The molecule has 0 bridgehead atoms. The molecule has 0 aromatic heterocycles. The van der Waals surface area contributed by atoms with Crippen LogP contribution in [0.3, 0.4) is 0 Å². The third-order valence-corrected chi connectivity index (χ3v) is 3.94. The van der Waals surface area contributed by atoms with Gasteiger partial charge in [-0.3, -0.25) is 4.79 Å². The Morgan fingerprint density at radius 2 is 2.20 bits per heavy atom. The average molecular weight is 271 g/mol. The fourth-order valence-corrected chi connectivity index (χ4v) is 2.35. The molecule has 0 saturated heterocycles. The molecule has 0 aliphatic heterocycles. The minimum Gasteiger partial charge on any atom is -0.384 e. The lowest BCUT2D eigenvalue weighted by atomic mass is 10.0. The first kappa shape index (κ1) is 14.6. The summed E-state index contributed by atoms with van der Waals surface area (Å²) in [6.45, 7) is 3.87. The van der Waals surface area contributed by atoms with Crippen LogP contribution in [-0.4, -0.2) is 35.6 Å². The van der Waals surface area contributed by atoms with E-state index in [-0.39, 0.29) is 18.6 Å². The van der Waals surface area contributed by atoms with Crippen molar-refractivity contribution in [2.45, 2.75) is 32.7 Å². The van der Waals surface area contributed by atoms with Crippen molar-refractivity contribution >= 4 is 5.91 Å². The van der Waals surface area contributed by atoms with E-state index >= 15 is 0 Å². The van der Waals surface area contributed by atoms with E-state index in [1.807, 2.05) is 37.1 Å². The van der Waals surface area contributed by atoms with E-state index in [1.165, 1.54) is 12.8 Å². The van der Waals surface area contributed by atoms with Crippen molar-refractivity contribution in [3.63, 3.8) is 0 Å². The van der Waals surface area contributed by atoms with E-state index in [0.29, 0.717) is 17.0 Å².